The van der Waals surface area contributed by atoms with Crippen molar-refractivity contribution < 1.29 is 14.0 Å². The van der Waals surface area contributed by atoms with Crippen molar-refractivity contribution in [3.05, 3.63) is 88.7 Å². The van der Waals surface area contributed by atoms with Crippen LogP contribution in [0.2, 0.25) is 5.02 Å². The molecular weight excluding hydrogens is 519 g/mol. The molecule has 2 bridgehead atoms. The highest BCUT2D eigenvalue weighted by Gasteiger charge is 2.24. The smallest absolute Gasteiger partial charge is 0.255 e. The van der Waals surface area contributed by atoms with Gasteiger partial charge in [-0.2, -0.15) is 5.10 Å². The van der Waals surface area contributed by atoms with Gasteiger partial charge in [-0.25, -0.2) is 9.07 Å². The number of carbonyl (C=O) groups excluding carboxylic acids is 2. The first-order chi connectivity index (χ1) is 18.7. The third-order valence-corrected chi connectivity index (χ3v) is 7.34. The fourth-order valence-electron chi connectivity index (χ4n) is 4.80. The number of nitrogens with two attached hydrogens (primary N) is 1. The summed E-state index contributed by atoms with van der Waals surface area (Å²) >= 11 is 5.95. The van der Waals surface area contributed by atoms with Crippen LogP contribution in [-0.4, -0.2) is 26.6 Å². The second-order valence-electron chi connectivity index (χ2n) is 9.75. The molecule has 10 heteroatoms. The first-order valence-electron chi connectivity index (χ1n) is 12.7. The van der Waals surface area contributed by atoms with Gasteiger partial charge in [0.1, 0.15) is 5.69 Å². The molecule has 2 amide bonds. The summed E-state index contributed by atoms with van der Waals surface area (Å²) in [4.78, 5) is 30.9. The van der Waals surface area contributed by atoms with Crippen molar-refractivity contribution in [2.45, 2.75) is 39.2 Å². The predicted octanol–water partition coefficient (Wildman–Crippen LogP) is 5.85. The minimum Gasteiger partial charge on any atom is -0.399 e. The number of amides is 2. The first kappa shape index (κ1) is 26.4. The molecule has 4 aromatic rings. The van der Waals surface area contributed by atoms with E-state index in [0.29, 0.717) is 47.6 Å². The summed E-state index contributed by atoms with van der Waals surface area (Å²) in [6.45, 7) is 3.58. The van der Waals surface area contributed by atoms with Crippen LogP contribution in [0.1, 0.15) is 54.0 Å². The summed E-state index contributed by atoms with van der Waals surface area (Å²) in [5.41, 5.74) is 10.5. The van der Waals surface area contributed by atoms with Crippen molar-refractivity contribution in [2.24, 2.45) is 5.92 Å². The van der Waals surface area contributed by atoms with Crippen LogP contribution in [-0.2, 0) is 4.79 Å². The molecule has 3 heterocycles. The van der Waals surface area contributed by atoms with Gasteiger partial charge in [-0.1, -0.05) is 37.1 Å². The lowest BCUT2D eigenvalue weighted by Gasteiger charge is -2.22. The lowest BCUT2D eigenvalue weighted by Crippen LogP contribution is -2.30. The molecule has 1 aliphatic rings. The summed E-state index contributed by atoms with van der Waals surface area (Å²) in [5.74, 6) is -1.30. The summed E-state index contributed by atoms with van der Waals surface area (Å²) in [7, 11) is 0. The third-order valence-electron chi connectivity index (χ3n) is 7.05. The lowest BCUT2D eigenvalue weighted by atomic mass is 9.95. The van der Waals surface area contributed by atoms with Crippen molar-refractivity contribution in [1.82, 2.24) is 20.1 Å². The molecule has 0 aliphatic carbocycles. The Bertz CT molecular complexity index is 1570. The van der Waals surface area contributed by atoms with Gasteiger partial charge in [0.25, 0.3) is 5.91 Å². The van der Waals surface area contributed by atoms with E-state index in [1.807, 2.05) is 25.1 Å². The zero-order valence-corrected chi connectivity index (χ0v) is 22.3. The van der Waals surface area contributed by atoms with E-state index in [1.54, 1.807) is 37.4 Å². The van der Waals surface area contributed by atoms with Crippen LogP contribution in [0, 0.1) is 18.7 Å². The van der Waals surface area contributed by atoms with E-state index in [1.165, 1.54) is 16.9 Å². The summed E-state index contributed by atoms with van der Waals surface area (Å²) in [6.07, 6.45) is 4.98. The van der Waals surface area contributed by atoms with Gasteiger partial charge < -0.3 is 16.4 Å². The average molecular weight is 547 g/mol. The molecular formula is C29H28ClFN6O2. The number of anilines is 2. The number of pyridine rings is 1. The highest BCUT2D eigenvalue weighted by atomic mass is 35.5. The maximum Gasteiger partial charge on any atom is 0.255 e. The number of nitrogens with one attached hydrogen (secondary N) is 2. The first-order valence-corrected chi connectivity index (χ1v) is 13.1. The van der Waals surface area contributed by atoms with Gasteiger partial charge in [0, 0.05) is 23.4 Å². The molecule has 5 rings (SSSR count). The number of fused-ring (bicyclic) bond motifs is 4. The van der Waals surface area contributed by atoms with Crippen LogP contribution in [0.3, 0.4) is 0 Å². The quantitative estimate of drug-likeness (QED) is 0.279. The number of nitrogens with zero attached hydrogens (tertiary/aromatic N) is 3. The molecule has 2 unspecified atom stereocenters. The lowest BCUT2D eigenvalue weighted by molar-refractivity contribution is -0.119. The van der Waals surface area contributed by atoms with Crippen LogP contribution in [0.15, 0.2) is 60.9 Å². The Morgan fingerprint density at radius 3 is 2.85 bits per heavy atom. The van der Waals surface area contributed by atoms with E-state index >= 15 is 0 Å². The van der Waals surface area contributed by atoms with E-state index in [2.05, 4.69) is 20.7 Å². The minimum absolute atomic E-state index is 0.0280. The maximum atomic E-state index is 14.6. The van der Waals surface area contributed by atoms with Gasteiger partial charge in [-0.15, -0.1) is 0 Å². The van der Waals surface area contributed by atoms with Crippen LogP contribution in [0.5, 0.6) is 0 Å². The van der Waals surface area contributed by atoms with Crippen LogP contribution < -0.4 is 16.4 Å². The highest BCUT2D eigenvalue weighted by molar-refractivity contribution is 6.30. The Morgan fingerprint density at radius 1 is 1.21 bits per heavy atom. The standard InChI is InChI=1S/C29H28ClFN6O2/c1-16-5-3-7-23(25-13-18(11-12-33-25)20-10-9-19(32)14-24(20)36-28(16)38)35-29(39)21-15-34-37(17(21)2)26-8-4-6-22(30)27(26)31/h4,6,8-16,23H,3,5,7,32H2,1-2H3,(H,35,39)(H,36,38). The van der Waals surface area contributed by atoms with Crippen LogP contribution in [0.25, 0.3) is 16.8 Å². The molecule has 2 aromatic carbocycles. The number of halogens is 2. The molecule has 1 aliphatic heterocycles. The van der Waals surface area contributed by atoms with E-state index in [9.17, 15) is 14.0 Å². The summed E-state index contributed by atoms with van der Waals surface area (Å²) in [5, 5.41) is 10.3. The van der Waals surface area contributed by atoms with Crippen molar-refractivity contribution in [2.75, 3.05) is 11.1 Å². The van der Waals surface area contributed by atoms with Gasteiger partial charge in [0.15, 0.2) is 5.82 Å². The van der Waals surface area contributed by atoms with Gasteiger partial charge in [-0.3, -0.25) is 14.6 Å². The van der Waals surface area contributed by atoms with Crippen molar-refractivity contribution in [3.63, 3.8) is 0 Å². The van der Waals surface area contributed by atoms with Gasteiger partial charge >= 0.3 is 0 Å². The number of carbonyl (C=O) groups is 2. The predicted molar refractivity (Wildman–Crippen MR) is 149 cm³/mol. The topological polar surface area (TPSA) is 115 Å². The number of benzene rings is 2. The Balaban J connectivity index is 1.49. The summed E-state index contributed by atoms with van der Waals surface area (Å²) in [6, 6.07) is 13.4. The average Bonchev–Trinajstić information content (AvgIpc) is 3.30. The zero-order chi connectivity index (χ0) is 27.7. The SMILES string of the molecule is Cc1c(C(=O)NC2CCCC(C)C(=O)Nc3cc(N)ccc3-c3ccnc2c3)cnn1-c1cccc(Cl)c1F. The van der Waals surface area contributed by atoms with Crippen LogP contribution in [0.4, 0.5) is 15.8 Å². The largest absolute Gasteiger partial charge is 0.399 e. The molecule has 0 fully saturated rings. The number of rotatable bonds is 3. The molecule has 0 saturated carbocycles. The minimum atomic E-state index is -0.613. The van der Waals surface area contributed by atoms with Crippen molar-refractivity contribution in [1.29, 1.82) is 0 Å². The van der Waals surface area contributed by atoms with Gasteiger partial charge in [-0.05, 0) is 61.7 Å². The molecule has 0 radical (unpaired) electrons. The third kappa shape index (κ3) is 5.35. The Kier molecular flexibility index (Phi) is 7.34. The number of hydrogen-bond acceptors (Lipinski definition) is 5. The normalized spacial score (nSPS) is 17.4. The van der Waals surface area contributed by atoms with Crippen molar-refractivity contribution in [3.8, 4) is 16.8 Å². The molecule has 200 valence electrons. The number of nitrogen functional groups attached to an aromatic ring is 1. The Hall–Kier alpha value is -4.24. The van der Waals surface area contributed by atoms with Gasteiger partial charge in [0.2, 0.25) is 5.91 Å². The molecule has 4 N–H and O–H groups in total. The fourth-order valence-corrected chi connectivity index (χ4v) is 4.97. The second kappa shape index (κ2) is 10.9. The van der Waals surface area contributed by atoms with Gasteiger partial charge in [0.05, 0.1) is 39.9 Å². The summed E-state index contributed by atoms with van der Waals surface area (Å²) < 4.78 is 16.0. The molecule has 2 aromatic heterocycles. The molecule has 0 spiro atoms. The highest BCUT2D eigenvalue weighted by Crippen LogP contribution is 2.33. The van der Waals surface area contributed by atoms with E-state index in [-0.39, 0.29) is 28.4 Å². The molecule has 8 nitrogen and oxygen atoms in total. The number of aromatic nitrogens is 3. The van der Waals surface area contributed by atoms with E-state index in [4.69, 9.17) is 17.3 Å². The molecule has 0 saturated heterocycles. The Morgan fingerprint density at radius 2 is 2.03 bits per heavy atom. The maximum absolute atomic E-state index is 14.6. The second-order valence-corrected chi connectivity index (χ2v) is 10.2. The number of hydrogen-bond donors (Lipinski definition) is 3. The molecule has 39 heavy (non-hydrogen) atoms. The van der Waals surface area contributed by atoms with Crippen LogP contribution >= 0.6 is 11.6 Å². The Labute approximate surface area is 230 Å². The monoisotopic (exact) mass is 546 g/mol. The zero-order valence-electron chi connectivity index (χ0n) is 21.5. The van der Waals surface area contributed by atoms with E-state index < -0.39 is 11.9 Å². The van der Waals surface area contributed by atoms with Crippen molar-refractivity contribution >= 4 is 34.8 Å². The molecule has 2 atom stereocenters. The van der Waals surface area contributed by atoms with E-state index in [0.717, 1.165) is 11.1 Å². The fraction of sp³-hybridized carbons (Fsp3) is 0.241.